The molecule has 2 aromatic heterocycles. The second-order valence-electron chi connectivity index (χ2n) is 4.77. The lowest BCUT2D eigenvalue weighted by Crippen LogP contribution is -2.15. The van der Waals surface area contributed by atoms with Gasteiger partial charge in [-0.05, 0) is 26.6 Å². The second kappa shape index (κ2) is 7.94. The van der Waals surface area contributed by atoms with E-state index in [0.717, 1.165) is 30.4 Å². The Morgan fingerprint density at radius 3 is 2.81 bits per heavy atom. The van der Waals surface area contributed by atoms with Crippen LogP contribution in [0, 0.1) is 0 Å². The highest BCUT2D eigenvalue weighted by atomic mass is 32.2. The van der Waals surface area contributed by atoms with Crippen molar-refractivity contribution in [1.29, 1.82) is 0 Å². The van der Waals surface area contributed by atoms with Gasteiger partial charge in [0.15, 0.2) is 5.16 Å². The summed E-state index contributed by atoms with van der Waals surface area (Å²) < 4.78 is 1.65. The van der Waals surface area contributed by atoms with Gasteiger partial charge in [-0.2, -0.15) is 20.1 Å². The van der Waals surface area contributed by atoms with Crippen molar-refractivity contribution in [2.45, 2.75) is 18.5 Å². The van der Waals surface area contributed by atoms with Gasteiger partial charge in [-0.1, -0.05) is 18.7 Å². The molecule has 0 aliphatic heterocycles. The van der Waals surface area contributed by atoms with Gasteiger partial charge in [-0.15, -0.1) is 0 Å². The smallest absolute Gasteiger partial charge is 0.256 e. The van der Waals surface area contributed by atoms with Crippen LogP contribution in [0.1, 0.15) is 13.3 Å². The summed E-state index contributed by atoms with van der Waals surface area (Å²) in [7, 11) is 4.11. The zero-order valence-electron chi connectivity index (χ0n) is 12.7. The molecule has 0 aromatic carbocycles. The zero-order chi connectivity index (χ0) is 15.1. The molecule has 7 nitrogen and oxygen atoms in total. The molecule has 0 aliphatic carbocycles. The summed E-state index contributed by atoms with van der Waals surface area (Å²) in [6.45, 7) is 3.92. The van der Waals surface area contributed by atoms with Crippen LogP contribution in [0.5, 0.6) is 0 Å². The largest absolute Gasteiger partial charge is 0.354 e. The van der Waals surface area contributed by atoms with Gasteiger partial charge in [0.05, 0.1) is 0 Å². The van der Waals surface area contributed by atoms with E-state index < -0.39 is 0 Å². The van der Waals surface area contributed by atoms with Crippen LogP contribution in [0.3, 0.4) is 0 Å². The van der Waals surface area contributed by atoms with E-state index in [1.807, 2.05) is 12.3 Å². The molecule has 2 aromatic rings. The SMILES string of the molecule is CCCNc1nc(SCCN(C)C)nc(-n2cccn2)n1. The maximum Gasteiger partial charge on any atom is 0.256 e. The van der Waals surface area contributed by atoms with Crippen molar-refractivity contribution in [2.24, 2.45) is 0 Å². The molecule has 8 heteroatoms. The predicted octanol–water partition coefficient (Wildman–Crippen LogP) is 1.53. The first-order chi connectivity index (χ1) is 10.2. The standard InChI is InChI=1S/C13H21N7S/c1-4-6-14-11-16-12(20-8-5-7-15-20)18-13(17-11)21-10-9-19(2)3/h5,7-8H,4,6,9-10H2,1-3H3,(H,14,16,17,18). The minimum Gasteiger partial charge on any atom is -0.354 e. The van der Waals surface area contributed by atoms with Crippen molar-refractivity contribution in [3.05, 3.63) is 18.5 Å². The number of anilines is 1. The average Bonchev–Trinajstić information content (AvgIpc) is 2.99. The highest BCUT2D eigenvalue weighted by Gasteiger charge is 2.09. The van der Waals surface area contributed by atoms with E-state index in [9.17, 15) is 0 Å². The molecule has 0 fully saturated rings. The zero-order valence-corrected chi connectivity index (χ0v) is 13.5. The Balaban J connectivity index is 2.16. The third-order valence-corrected chi connectivity index (χ3v) is 3.44. The lowest BCUT2D eigenvalue weighted by atomic mass is 10.5. The quantitative estimate of drug-likeness (QED) is 0.742. The monoisotopic (exact) mass is 307 g/mol. The molecule has 2 rings (SSSR count). The Kier molecular flexibility index (Phi) is 5.94. The van der Waals surface area contributed by atoms with Crippen LogP contribution in [0.4, 0.5) is 5.95 Å². The van der Waals surface area contributed by atoms with Gasteiger partial charge in [-0.3, -0.25) is 0 Å². The van der Waals surface area contributed by atoms with Gasteiger partial charge in [-0.25, -0.2) is 4.68 Å². The van der Waals surface area contributed by atoms with Crippen LogP contribution in [-0.4, -0.2) is 62.6 Å². The molecule has 21 heavy (non-hydrogen) atoms. The lowest BCUT2D eigenvalue weighted by Gasteiger charge is -2.10. The fourth-order valence-corrected chi connectivity index (χ4v) is 2.47. The Morgan fingerprint density at radius 1 is 1.29 bits per heavy atom. The third-order valence-electron chi connectivity index (χ3n) is 2.62. The van der Waals surface area contributed by atoms with Gasteiger partial charge < -0.3 is 10.2 Å². The first-order valence-electron chi connectivity index (χ1n) is 6.96. The predicted molar refractivity (Wildman–Crippen MR) is 85.0 cm³/mol. The maximum absolute atomic E-state index is 4.46. The van der Waals surface area contributed by atoms with Gasteiger partial charge in [0.2, 0.25) is 5.95 Å². The van der Waals surface area contributed by atoms with E-state index in [1.165, 1.54) is 0 Å². The molecule has 0 aliphatic rings. The molecule has 1 N–H and O–H groups in total. The van der Waals surface area contributed by atoms with E-state index in [4.69, 9.17) is 0 Å². The van der Waals surface area contributed by atoms with Crippen molar-refractivity contribution in [3.8, 4) is 5.95 Å². The van der Waals surface area contributed by atoms with Crippen LogP contribution in [0.15, 0.2) is 23.6 Å². The number of rotatable bonds is 8. The molecular formula is C13H21N7S. The molecule has 0 radical (unpaired) electrons. The van der Waals surface area contributed by atoms with Gasteiger partial charge >= 0.3 is 0 Å². The van der Waals surface area contributed by atoms with Crippen LogP contribution >= 0.6 is 11.8 Å². The van der Waals surface area contributed by atoms with Crippen molar-refractivity contribution in [1.82, 2.24) is 29.6 Å². The minimum atomic E-state index is 0.543. The molecule has 0 bridgehead atoms. The topological polar surface area (TPSA) is 71.8 Å². The number of nitrogens with zero attached hydrogens (tertiary/aromatic N) is 6. The van der Waals surface area contributed by atoms with Gasteiger partial charge in [0, 0.05) is 31.2 Å². The van der Waals surface area contributed by atoms with Crippen molar-refractivity contribution >= 4 is 17.7 Å². The molecule has 2 heterocycles. The summed E-state index contributed by atoms with van der Waals surface area (Å²) in [6, 6.07) is 1.85. The summed E-state index contributed by atoms with van der Waals surface area (Å²) in [6.07, 6.45) is 4.56. The van der Waals surface area contributed by atoms with E-state index in [1.54, 1.807) is 22.6 Å². The summed E-state index contributed by atoms with van der Waals surface area (Å²) in [4.78, 5) is 15.4. The number of hydrogen-bond donors (Lipinski definition) is 1. The van der Waals surface area contributed by atoms with Crippen molar-refractivity contribution in [3.63, 3.8) is 0 Å². The number of hydrogen-bond acceptors (Lipinski definition) is 7. The Bertz CT molecular complexity index is 541. The molecule has 0 atom stereocenters. The molecule has 0 saturated heterocycles. The van der Waals surface area contributed by atoms with E-state index in [-0.39, 0.29) is 0 Å². The van der Waals surface area contributed by atoms with Crippen molar-refractivity contribution < 1.29 is 0 Å². The molecule has 114 valence electrons. The van der Waals surface area contributed by atoms with Gasteiger partial charge in [0.1, 0.15) is 0 Å². The first kappa shape index (κ1) is 15.7. The fraction of sp³-hybridized carbons (Fsp3) is 0.538. The summed E-state index contributed by atoms with van der Waals surface area (Å²) >= 11 is 1.62. The van der Waals surface area contributed by atoms with Crippen LogP contribution in [0.2, 0.25) is 0 Å². The third kappa shape index (κ3) is 4.98. The number of thioether (sulfide) groups is 1. The van der Waals surface area contributed by atoms with Crippen LogP contribution in [-0.2, 0) is 0 Å². The number of nitrogens with one attached hydrogen (secondary N) is 1. The van der Waals surface area contributed by atoms with E-state index >= 15 is 0 Å². The van der Waals surface area contributed by atoms with Crippen LogP contribution < -0.4 is 5.32 Å². The Hall–Kier alpha value is -1.67. The summed E-state index contributed by atoms with van der Waals surface area (Å²) in [5.41, 5.74) is 0. The lowest BCUT2D eigenvalue weighted by molar-refractivity contribution is 0.437. The average molecular weight is 307 g/mol. The normalized spacial score (nSPS) is 11.0. The van der Waals surface area contributed by atoms with E-state index in [2.05, 4.69) is 51.3 Å². The molecule has 0 spiro atoms. The van der Waals surface area contributed by atoms with Crippen LogP contribution in [0.25, 0.3) is 5.95 Å². The molecule has 0 unspecified atom stereocenters. The Labute approximate surface area is 129 Å². The fourth-order valence-electron chi connectivity index (χ4n) is 1.54. The summed E-state index contributed by atoms with van der Waals surface area (Å²) in [5.74, 6) is 2.08. The Morgan fingerprint density at radius 2 is 2.14 bits per heavy atom. The van der Waals surface area contributed by atoms with Crippen molar-refractivity contribution in [2.75, 3.05) is 38.3 Å². The summed E-state index contributed by atoms with van der Waals surface area (Å²) in [5, 5.41) is 8.10. The minimum absolute atomic E-state index is 0.543. The maximum atomic E-state index is 4.46. The highest BCUT2D eigenvalue weighted by molar-refractivity contribution is 7.99. The van der Waals surface area contributed by atoms with Gasteiger partial charge in [0.25, 0.3) is 5.95 Å². The van der Waals surface area contributed by atoms with E-state index in [0.29, 0.717) is 11.9 Å². The first-order valence-corrected chi connectivity index (χ1v) is 7.95. The molecule has 0 saturated carbocycles. The molecular weight excluding hydrogens is 286 g/mol. The molecule has 0 amide bonds. The number of aromatic nitrogens is 5. The second-order valence-corrected chi connectivity index (χ2v) is 5.83. The highest BCUT2D eigenvalue weighted by Crippen LogP contribution is 2.16.